The Morgan fingerprint density at radius 1 is 1.26 bits per heavy atom. The number of thiophene rings is 1. The van der Waals surface area contributed by atoms with E-state index >= 15 is 0 Å². The Labute approximate surface area is 133 Å². The minimum atomic E-state index is -0.850. The van der Waals surface area contributed by atoms with Gasteiger partial charge in [0.05, 0.1) is 11.7 Å². The van der Waals surface area contributed by atoms with Crippen molar-refractivity contribution < 1.29 is 13.6 Å². The fraction of sp³-hybridized carbons (Fsp3) is 0.133. The minimum absolute atomic E-state index is 0.0690. The van der Waals surface area contributed by atoms with Crippen molar-refractivity contribution in [3.05, 3.63) is 58.0 Å². The molecule has 5 nitrogen and oxygen atoms in total. The van der Waals surface area contributed by atoms with Gasteiger partial charge in [-0.1, -0.05) is 6.07 Å². The van der Waals surface area contributed by atoms with Gasteiger partial charge in [-0.25, -0.2) is 13.8 Å². The fourth-order valence-corrected chi connectivity index (χ4v) is 2.82. The predicted molar refractivity (Wildman–Crippen MR) is 83.5 cm³/mol. The second kappa shape index (κ2) is 6.25. The molecule has 2 aromatic heterocycles. The zero-order valence-electron chi connectivity index (χ0n) is 11.8. The Morgan fingerprint density at radius 3 is 2.74 bits per heavy atom. The van der Waals surface area contributed by atoms with E-state index in [2.05, 4.69) is 10.3 Å². The molecule has 8 heteroatoms. The average Bonchev–Trinajstić information content (AvgIpc) is 3.00. The number of amides is 1. The molecule has 1 N–H and O–H groups in total. The number of hydrogen-bond acceptors (Lipinski definition) is 4. The molecule has 0 saturated heterocycles. The number of carbonyl (C=O) groups excluding carboxylic acids is 1. The highest BCUT2D eigenvalue weighted by Gasteiger charge is 2.12. The zero-order valence-corrected chi connectivity index (χ0v) is 12.6. The number of nitrogens with zero attached hydrogens (tertiary/aromatic N) is 2. The van der Waals surface area contributed by atoms with Crippen LogP contribution in [0, 0.1) is 11.6 Å². The molecule has 0 aliphatic carbocycles. The molecule has 0 saturated carbocycles. The highest BCUT2D eigenvalue weighted by molar-refractivity contribution is 7.16. The molecule has 0 radical (unpaired) electrons. The summed E-state index contributed by atoms with van der Waals surface area (Å²) in [5, 5.41) is 4.42. The number of benzene rings is 1. The number of anilines is 1. The number of fused-ring (bicyclic) bond motifs is 1. The van der Waals surface area contributed by atoms with E-state index in [4.69, 9.17) is 0 Å². The van der Waals surface area contributed by atoms with Gasteiger partial charge in [0.1, 0.15) is 22.2 Å². The molecular weight excluding hydrogens is 324 g/mol. The van der Waals surface area contributed by atoms with Crippen molar-refractivity contribution >= 4 is 33.1 Å². The Morgan fingerprint density at radius 2 is 2.00 bits per heavy atom. The van der Waals surface area contributed by atoms with Gasteiger partial charge in [-0.2, -0.15) is 0 Å². The van der Waals surface area contributed by atoms with Gasteiger partial charge in [0, 0.05) is 13.0 Å². The summed E-state index contributed by atoms with van der Waals surface area (Å²) in [6.07, 6.45) is 1.25. The maximum Gasteiger partial charge on any atom is 0.262 e. The summed E-state index contributed by atoms with van der Waals surface area (Å²) in [4.78, 5) is 28.7. The molecule has 118 valence electrons. The summed E-state index contributed by atoms with van der Waals surface area (Å²) in [5.74, 6) is -2.29. The topological polar surface area (TPSA) is 64.0 Å². The first-order chi connectivity index (χ1) is 11.1. The predicted octanol–water partition coefficient (Wildman–Crippen LogP) is 2.77. The summed E-state index contributed by atoms with van der Waals surface area (Å²) in [5.41, 5.74) is -0.739. The van der Waals surface area contributed by atoms with Gasteiger partial charge in [0.25, 0.3) is 5.56 Å². The summed E-state index contributed by atoms with van der Waals surface area (Å²) < 4.78 is 28.2. The van der Waals surface area contributed by atoms with Gasteiger partial charge in [0.15, 0.2) is 0 Å². The van der Waals surface area contributed by atoms with Crippen molar-refractivity contribution in [1.29, 1.82) is 0 Å². The third kappa shape index (κ3) is 3.11. The van der Waals surface area contributed by atoms with Crippen LogP contribution in [0.5, 0.6) is 0 Å². The summed E-state index contributed by atoms with van der Waals surface area (Å²) in [6, 6.07) is 4.98. The van der Waals surface area contributed by atoms with E-state index in [1.165, 1.54) is 28.3 Å². The highest BCUT2D eigenvalue weighted by atomic mass is 32.1. The number of carbonyl (C=O) groups is 1. The molecule has 0 aliphatic heterocycles. The van der Waals surface area contributed by atoms with Crippen molar-refractivity contribution in [1.82, 2.24) is 9.55 Å². The SMILES string of the molecule is O=C(CCn1cnc2sccc2c1=O)Nc1c(F)cccc1F. The lowest BCUT2D eigenvalue weighted by Gasteiger charge is -2.08. The van der Waals surface area contributed by atoms with Crippen LogP contribution in [-0.2, 0) is 11.3 Å². The first-order valence-electron chi connectivity index (χ1n) is 6.73. The Balaban J connectivity index is 1.71. The molecule has 0 atom stereocenters. The van der Waals surface area contributed by atoms with E-state index in [1.807, 2.05) is 0 Å². The van der Waals surface area contributed by atoms with E-state index < -0.39 is 23.2 Å². The molecule has 2 heterocycles. The smallest absolute Gasteiger partial charge is 0.262 e. The van der Waals surface area contributed by atoms with Crippen LogP contribution in [0.25, 0.3) is 10.2 Å². The Hall–Kier alpha value is -2.61. The molecule has 3 aromatic rings. The van der Waals surface area contributed by atoms with Crippen molar-refractivity contribution in [2.24, 2.45) is 0 Å². The molecule has 0 bridgehead atoms. The van der Waals surface area contributed by atoms with Gasteiger partial charge in [0.2, 0.25) is 5.91 Å². The molecule has 0 spiro atoms. The van der Waals surface area contributed by atoms with Crippen LogP contribution in [0.15, 0.2) is 40.8 Å². The third-order valence-electron chi connectivity index (χ3n) is 3.26. The summed E-state index contributed by atoms with van der Waals surface area (Å²) >= 11 is 1.35. The number of rotatable bonds is 4. The van der Waals surface area contributed by atoms with Crippen molar-refractivity contribution in [2.75, 3.05) is 5.32 Å². The van der Waals surface area contributed by atoms with Crippen molar-refractivity contribution in [3.8, 4) is 0 Å². The Kier molecular flexibility index (Phi) is 4.16. The van der Waals surface area contributed by atoms with E-state index in [1.54, 1.807) is 11.4 Å². The standard InChI is InChI=1S/C15H11F2N3O2S/c16-10-2-1-3-11(17)13(10)19-12(21)4-6-20-8-18-14-9(15(20)22)5-7-23-14/h1-3,5,7-8H,4,6H2,(H,19,21). The van der Waals surface area contributed by atoms with E-state index in [0.29, 0.717) is 10.2 Å². The third-order valence-corrected chi connectivity index (χ3v) is 4.08. The molecule has 3 rings (SSSR count). The monoisotopic (exact) mass is 335 g/mol. The highest BCUT2D eigenvalue weighted by Crippen LogP contribution is 2.18. The van der Waals surface area contributed by atoms with E-state index in [9.17, 15) is 18.4 Å². The fourth-order valence-electron chi connectivity index (χ4n) is 2.09. The zero-order chi connectivity index (χ0) is 16.4. The number of aryl methyl sites for hydroxylation is 1. The second-order valence-electron chi connectivity index (χ2n) is 4.78. The van der Waals surface area contributed by atoms with Crippen molar-refractivity contribution in [3.63, 3.8) is 0 Å². The molecule has 1 aromatic carbocycles. The van der Waals surface area contributed by atoms with Crippen LogP contribution >= 0.6 is 11.3 Å². The van der Waals surface area contributed by atoms with Crippen LogP contribution in [0.3, 0.4) is 0 Å². The molecule has 0 fully saturated rings. The first-order valence-corrected chi connectivity index (χ1v) is 7.61. The van der Waals surface area contributed by atoms with Gasteiger partial charge in [-0.3, -0.25) is 14.2 Å². The van der Waals surface area contributed by atoms with Crippen LogP contribution < -0.4 is 10.9 Å². The second-order valence-corrected chi connectivity index (χ2v) is 5.67. The number of nitrogens with one attached hydrogen (secondary N) is 1. The van der Waals surface area contributed by atoms with E-state index in [-0.39, 0.29) is 18.5 Å². The Bertz CT molecular complexity index is 916. The largest absolute Gasteiger partial charge is 0.321 e. The lowest BCUT2D eigenvalue weighted by Crippen LogP contribution is -2.23. The van der Waals surface area contributed by atoms with E-state index in [0.717, 1.165) is 12.1 Å². The molecule has 0 unspecified atom stereocenters. The van der Waals surface area contributed by atoms with Crippen LogP contribution in [-0.4, -0.2) is 15.5 Å². The molecular formula is C15H11F2N3O2S. The average molecular weight is 335 g/mol. The first kappa shape index (κ1) is 15.3. The van der Waals surface area contributed by atoms with Gasteiger partial charge in [-0.15, -0.1) is 11.3 Å². The number of para-hydroxylation sites is 1. The van der Waals surface area contributed by atoms with Crippen LogP contribution in [0.2, 0.25) is 0 Å². The minimum Gasteiger partial charge on any atom is -0.321 e. The lowest BCUT2D eigenvalue weighted by atomic mass is 10.2. The van der Waals surface area contributed by atoms with Gasteiger partial charge >= 0.3 is 0 Å². The van der Waals surface area contributed by atoms with Gasteiger partial charge < -0.3 is 5.32 Å². The maximum atomic E-state index is 13.5. The van der Waals surface area contributed by atoms with Crippen LogP contribution in [0.1, 0.15) is 6.42 Å². The number of aromatic nitrogens is 2. The summed E-state index contributed by atoms with van der Waals surface area (Å²) in [6.45, 7) is 0.0690. The number of halogens is 2. The van der Waals surface area contributed by atoms with Crippen molar-refractivity contribution in [2.45, 2.75) is 13.0 Å². The quantitative estimate of drug-likeness (QED) is 0.797. The van der Waals surface area contributed by atoms with Crippen LogP contribution in [0.4, 0.5) is 14.5 Å². The normalized spacial score (nSPS) is 10.9. The van der Waals surface area contributed by atoms with Gasteiger partial charge in [-0.05, 0) is 23.6 Å². The molecule has 0 aliphatic rings. The lowest BCUT2D eigenvalue weighted by molar-refractivity contribution is -0.116. The molecule has 23 heavy (non-hydrogen) atoms. The number of hydrogen-bond donors (Lipinski definition) is 1. The molecule has 1 amide bonds. The summed E-state index contributed by atoms with van der Waals surface area (Å²) in [7, 11) is 0. The maximum absolute atomic E-state index is 13.5.